The lowest BCUT2D eigenvalue weighted by atomic mass is 10.1. The van der Waals surface area contributed by atoms with Crippen molar-refractivity contribution in [2.45, 2.75) is 18.9 Å². The van der Waals surface area contributed by atoms with Crippen LogP contribution in [0.1, 0.15) is 12.8 Å². The van der Waals surface area contributed by atoms with Gasteiger partial charge in [-0.05, 0) is 18.9 Å². The Labute approximate surface area is 147 Å². The maximum atomic E-state index is 9.77. The quantitative estimate of drug-likeness (QED) is 0.794. The second kappa shape index (κ2) is 7.03. The van der Waals surface area contributed by atoms with E-state index in [2.05, 4.69) is 29.2 Å². The van der Waals surface area contributed by atoms with Crippen LogP contribution in [0, 0.1) is 0 Å². The average molecular weight is 331 g/mol. The van der Waals surface area contributed by atoms with Gasteiger partial charge in [-0.15, -0.1) is 0 Å². The molecule has 1 aliphatic heterocycles. The normalized spacial score (nSPS) is 15.3. The molecule has 0 spiro atoms. The van der Waals surface area contributed by atoms with E-state index in [0.29, 0.717) is 0 Å². The summed E-state index contributed by atoms with van der Waals surface area (Å²) in [5.74, 6) is 0.743. The van der Waals surface area contributed by atoms with Crippen LogP contribution in [0.5, 0.6) is 0 Å². The number of nitrogens with zero attached hydrogens (tertiary/aromatic N) is 3. The van der Waals surface area contributed by atoms with E-state index in [1.165, 1.54) is 0 Å². The van der Waals surface area contributed by atoms with Crippen LogP contribution < -0.4 is 4.90 Å². The van der Waals surface area contributed by atoms with Crippen molar-refractivity contribution in [3.05, 3.63) is 66.7 Å². The summed E-state index contributed by atoms with van der Waals surface area (Å²) < 4.78 is 0. The Morgan fingerprint density at radius 2 is 1.24 bits per heavy atom. The highest BCUT2D eigenvalue weighted by Crippen LogP contribution is 2.27. The molecule has 4 nitrogen and oxygen atoms in total. The highest BCUT2D eigenvalue weighted by molar-refractivity contribution is 5.69. The first-order valence-corrected chi connectivity index (χ1v) is 8.72. The molecule has 2 heterocycles. The maximum absolute atomic E-state index is 9.77. The standard InChI is InChI=1S/C21H21N3O/c25-18-11-13-24(14-12-18)21-22-19(16-7-3-1-4-8-16)15-20(23-21)17-9-5-2-6-10-17/h1-10,15,18,25H,11-14H2. The third kappa shape index (κ3) is 3.54. The monoisotopic (exact) mass is 331 g/mol. The fourth-order valence-corrected chi connectivity index (χ4v) is 3.16. The van der Waals surface area contributed by atoms with Crippen molar-refractivity contribution in [1.29, 1.82) is 0 Å². The number of benzene rings is 2. The Kier molecular flexibility index (Phi) is 4.44. The van der Waals surface area contributed by atoms with Crippen LogP contribution in [0.4, 0.5) is 5.95 Å². The van der Waals surface area contributed by atoms with Gasteiger partial charge in [0.25, 0.3) is 0 Å². The molecule has 0 unspecified atom stereocenters. The largest absolute Gasteiger partial charge is 0.393 e. The SMILES string of the molecule is OC1CCN(c2nc(-c3ccccc3)cc(-c3ccccc3)n2)CC1. The van der Waals surface area contributed by atoms with Crippen molar-refractivity contribution in [3.63, 3.8) is 0 Å². The molecule has 0 saturated carbocycles. The molecule has 4 heteroatoms. The Morgan fingerprint density at radius 1 is 0.760 bits per heavy atom. The maximum Gasteiger partial charge on any atom is 0.226 e. The molecule has 1 fully saturated rings. The van der Waals surface area contributed by atoms with Crippen LogP contribution >= 0.6 is 0 Å². The van der Waals surface area contributed by atoms with Crippen LogP contribution in [-0.4, -0.2) is 34.3 Å². The van der Waals surface area contributed by atoms with Gasteiger partial charge in [0.2, 0.25) is 5.95 Å². The van der Waals surface area contributed by atoms with Gasteiger partial charge in [-0.2, -0.15) is 0 Å². The number of aliphatic hydroxyl groups is 1. The molecule has 0 aliphatic carbocycles. The highest BCUT2D eigenvalue weighted by Gasteiger charge is 2.20. The van der Waals surface area contributed by atoms with Gasteiger partial charge in [0, 0.05) is 24.2 Å². The topological polar surface area (TPSA) is 49.2 Å². The number of rotatable bonds is 3. The smallest absolute Gasteiger partial charge is 0.226 e. The van der Waals surface area contributed by atoms with Crippen molar-refractivity contribution in [3.8, 4) is 22.5 Å². The molecule has 0 radical (unpaired) electrons. The number of hydrogen-bond donors (Lipinski definition) is 1. The van der Waals surface area contributed by atoms with Crippen molar-refractivity contribution in [1.82, 2.24) is 9.97 Å². The Morgan fingerprint density at radius 3 is 1.72 bits per heavy atom. The number of hydrogen-bond acceptors (Lipinski definition) is 4. The zero-order valence-electron chi connectivity index (χ0n) is 14.0. The molecule has 1 N–H and O–H groups in total. The fraction of sp³-hybridized carbons (Fsp3) is 0.238. The molecular weight excluding hydrogens is 310 g/mol. The molecule has 1 saturated heterocycles. The minimum Gasteiger partial charge on any atom is -0.393 e. The second-order valence-corrected chi connectivity index (χ2v) is 6.39. The van der Waals surface area contributed by atoms with E-state index < -0.39 is 0 Å². The van der Waals surface area contributed by atoms with E-state index in [1.54, 1.807) is 0 Å². The summed E-state index contributed by atoms with van der Waals surface area (Å²) >= 11 is 0. The molecule has 0 amide bonds. The number of aliphatic hydroxyl groups excluding tert-OH is 1. The van der Waals surface area contributed by atoms with E-state index in [1.807, 2.05) is 42.5 Å². The molecule has 0 atom stereocenters. The van der Waals surface area contributed by atoms with E-state index in [-0.39, 0.29) is 6.10 Å². The van der Waals surface area contributed by atoms with Gasteiger partial charge in [-0.1, -0.05) is 60.7 Å². The van der Waals surface area contributed by atoms with Crippen molar-refractivity contribution >= 4 is 5.95 Å². The molecule has 2 aromatic carbocycles. The van der Waals surface area contributed by atoms with Crippen LogP contribution in [0.3, 0.4) is 0 Å². The number of piperidine rings is 1. The Bertz CT molecular complexity index is 771. The first-order valence-electron chi connectivity index (χ1n) is 8.72. The molecule has 1 aliphatic rings. The van der Waals surface area contributed by atoms with Crippen molar-refractivity contribution < 1.29 is 5.11 Å². The minimum absolute atomic E-state index is 0.206. The lowest BCUT2D eigenvalue weighted by molar-refractivity contribution is 0.145. The van der Waals surface area contributed by atoms with Gasteiger partial charge in [-0.3, -0.25) is 0 Å². The minimum atomic E-state index is -0.206. The second-order valence-electron chi connectivity index (χ2n) is 6.39. The zero-order chi connectivity index (χ0) is 17.1. The summed E-state index contributed by atoms with van der Waals surface area (Å²) in [6, 6.07) is 22.4. The summed E-state index contributed by atoms with van der Waals surface area (Å²) in [7, 11) is 0. The molecular formula is C21H21N3O. The number of anilines is 1. The molecule has 3 aromatic rings. The molecule has 1 aromatic heterocycles. The molecule has 4 rings (SSSR count). The summed E-state index contributed by atoms with van der Waals surface area (Å²) in [5, 5.41) is 9.77. The lowest BCUT2D eigenvalue weighted by Crippen LogP contribution is -2.37. The van der Waals surface area contributed by atoms with Gasteiger partial charge < -0.3 is 10.0 Å². The molecule has 25 heavy (non-hydrogen) atoms. The summed E-state index contributed by atoms with van der Waals surface area (Å²) in [6.45, 7) is 1.57. The molecule has 0 bridgehead atoms. The van der Waals surface area contributed by atoms with Gasteiger partial charge in [0.15, 0.2) is 0 Å². The summed E-state index contributed by atoms with van der Waals surface area (Å²) in [6.07, 6.45) is 1.32. The van der Waals surface area contributed by atoms with Crippen LogP contribution in [0.15, 0.2) is 66.7 Å². The van der Waals surface area contributed by atoms with Crippen molar-refractivity contribution in [2.24, 2.45) is 0 Å². The van der Waals surface area contributed by atoms with Gasteiger partial charge >= 0.3 is 0 Å². The third-order valence-corrected chi connectivity index (χ3v) is 4.60. The first kappa shape index (κ1) is 15.8. The predicted octanol–water partition coefficient (Wildman–Crippen LogP) is 3.77. The van der Waals surface area contributed by atoms with Crippen LogP contribution in [0.25, 0.3) is 22.5 Å². The van der Waals surface area contributed by atoms with Gasteiger partial charge in [0.1, 0.15) is 0 Å². The summed E-state index contributed by atoms with van der Waals surface area (Å²) in [4.78, 5) is 11.8. The van der Waals surface area contributed by atoms with Crippen molar-refractivity contribution in [2.75, 3.05) is 18.0 Å². The average Bonchev–Trinajstić information content (AvgIpc) is 2.69. The Hall–Kier alpha value is -2.72. The van der Waals surface area contributed by atoms with E-state index in [4.69, 9.17) is 9.97 Å². The van der Waals surface area contributed by atoms with E-state index in [0.717, 1.165) is 54.4 Å². The fourth-order valence-electron chi connectivity index (χ4n) is 3.16. The Balaban J connectivity index is 1.78. The first-order chi connectivity index (χ1) is 12.3. The zero-order valence-corrected chi connectivity index (χ0v) is 14.0. The van der Waals surface area contributed by atoms with Gasteiger partial charge in [0.05, 0.1) is 17.5 Å². The van der Waals surface area contributed by atoms with E-state index >= 15 is 0 Å². The summed E-state index contributed by atoms with van der Waals surface area (Å²) in [5.41, 5.74) is 4.02. The third-order valence-electron chi connectivity index (χ3n) is 4.60. The highest BCUT2D eigenvalue weighted by atomic mass is 16.3. The van der Waals surface area contributed by atoms with E-state index in [9.17, 15) is 5.11 Å². The molecule has 126 valence electrons. The predicted molar refractivity (Wildman–Crippen MR) is 100 cm³/mol. The van der Waals surface area contributed by atoms with Crippen LogP contribution in [0.2, 0.25) is 0 Å². The van der Waals surface area contributed by atoms with Gasteiger partial charge in [-0.25, -0.2) is 9.97 Å². The van der Waals surface area contributed by atoms with Crippen LogP contribution in [-0.2, 0) is 0 Å². The lowest BCUT2D eigenvalue weighted by Gasteiger charge is -2.30. The number of aromatic nitrogens is 2.